The molecule has 0 spiro atoms. The molecule has 2 saturated heterocycles. The highest BCUT2D eigenvalue weighted by atomic mass is 35.5. The smallest absolute Gasteiger partial charge is 0.253 e. The molecule has 0 atom stereocenters. The third-order valence-corrected chi connectivity index (χ3v) is 8.58. The molecule has 34 heavy (non-hydrogen) atoms. The molecule has 0 radical (unpaired) electrons. The van der Waals surface area contributed by atoms with Crippen LogP contribution in [0.3, 0.4) is 0 Å². The molecule has 2 fully saturated rings. The Balaban J connectivity index is 1.22. The fraction of sp³-hybridized carbons (Fsp3) is 0.417. The molecule has 2 aromatic carbocycles. The zero-order valence-electron chi connectivity index (χ0n) is 18.8. The molecule has 3 aromatic rings. The molecule has 1 aromatic heterocycles. The van der Waals surface area contributed by atoms with E-state index in [1.54, 1.807) is 36.4 Å². The number of hydrogen-bond donors (Lipinski definition) is 0. The number of amides is 1. The van der Waals surface area contributed by atoms with Gasteiger partial charge in [-0.15, -0.1) is 0 Å². The number of nitrogens with zero attached hydrogens (tertiary/aromatic N) is 4. The van der Waals surface area contributed by atoms with Crippen molar-refractivity contribution in [2.45, 2.75) is 30.7 Å². The van der Waals surface area contributed by atoms with E-state index in [0.717, 1.165) is 25.9 Å². The molecule has 0 saturated carbocycles. The van der Waals surface area contributed by atoms with Gasteiger partial charge in [-0.05, 0) is 55.7 Å². The van der Waals surface area contributed by atoms with Gasteiger partial charge in [-0.1, -0.05) is 17.7 Å². The molecular weight excluding hydrogens is 476 g/mol. The van der Waals surface area contributed by atoms with Gasteiger partial charge < -0.3 is 9.32 Å². The summed E-state index contributed by atoms with van der Waals surface area (Å²) in [6.45, 7) is 3.98. The van der Waals surface area contributed by atoms with Crippen LogP contribution < -0.4 is 0 Å². The Morgan fingerprint density at radius 2 is 1.74 bits per heavy atom. The zero-order valence-corrected chi connectivity index (χ0v) is 20.4. The van der Waals surface area contributed by atoms with Crippen LogP contribution in [0.1, 0.15) is 35.5 Å². The standard InChI is InChI=1S/C24H27ClN4O4S/c25-19-5-4-6-20(16-19)34(31,32)29-13-11-27(12-14-29)17-23-26-21-15-18(7-8-22(21)33-23)24(30)28-9-2-1-3-10-28/h4-8,15-16H,1-3,9-14,17H2. The first kappa shape index (κ1) is 23.3. The number of benzene rings is 2. The lowest BCUT2D eigenvalue weighted by Gasteiger charge is -2.33. The molecule has 1 amide bonds. The molecule has 3 heterocycles. The molecule has 8 nitrogen and oxygen atoms in total. The van der Waals surface area contributed by atoms with Crippen LogP contribution in [0, 0.1) is 0 Å². The lowest BCUT2D eigenvalue weighted by atomic mass is 10.1. The number of rotatable bonds is 5. The zero-order chi connectivity index (χ0) is 23.7. The van der Waals surface area contributed by atoms with Gasteiger partial charge in [-0.25, -0.2) is 13.4 Å². The maximum absolute atomic E-state index is 12.9. The Morgan fingerprint density at radius 1 is 0.971 bits per heavy atom. The Labute approximate surface area is 204 Å². The fourth-order valence-corrected chi connectivity index (χ4v) is 6.27. The number of fused-ring (bicyclic) bond motifs is 1. The lowest BCUT2D eigenvalue weighted by Crippen LogP contribution is -2.48. The molecule has 0 bridgehead atoms. The molecule has 0 unspecified atom stereocenters. The summed E-state index contributed by atoms with van der Waals surface area (Å²) < 4.78 is 33.2. The van der Waals surface area contributed by atoms with Gasteiger partial charge in [0.25, 0.3) is 5.91 Å². The normalized spacial score (nSPS) is 18.4. The van der Waals surface area contributed by atoms with E-state index in [-0.39, 0.29) is 10.8 Å². The van der Waals surface area contributed by atoms with E-state index in [1.165, 1.54) is 16.8 Å². The van der Waals surface area contributed by atoms with Crippen molar-refractivity contribution in [1.29, 1.82) is 0 Å². The first-order valence-corrected chi connectivity index (χ1v) is 13.4. The van der Waals surface area contributed by atoms with Crippen molar-refractivity contribution in [2.24, 2.45) is 0 Å². The highest BCUT2D eigenvalue weighted by Crippen LogP contribution is 2.23. The van der Waals surface area contributed by atoms with Crippen molar-refractivity contribution in [1.82, 2.24) is 19.1 Å². The highest BCUT2D eigenvalue weighted by molar-refractivity contribution is 7.89. The number of piperazine rings is 1. The summed E-state index contributed by atoms with van der Waals surface area (Å²) >= 11 is 5.97. The van der Waals surface area contributed by atoms with Crippen LogP contribution in [0.15, 0.2) is 51.8 Å². The number of sulfonamides is 1. The van der Waals surface area contributed by atoms with Crippen molar-refractivity contribution in [3.8, 4) is 0 Å². The minimum absolute atomic E-state index is 0.0446. The van der Waals surface area contributed by atoms with Gasteiger partial charge in [0.2, 0.25) is 15.9 Å². The van der Waals surface area contributed by atoms with Gasteiger partial charge in [-0.2, -0.15) is 4.31 Å². The summed E-state index contributed by atoms with van der Waals surface area (Å²) in [6, 6.07) is 11.7. The van der Waals surface area contributed by atoms with Crippen LogP contribution in [0.5, 0.6) is 0 Å². The van der Waals surface area contributed by atoms with Crippen LogP contribution in [-0.2, 0) is 16.6 Å². The largest absolute Gasteiger partial charge is 0.439 e. The van der Waals surface area contributed by atoms with Crippen molar-refractivity contribution in [3.05, 3.63) is 58.9 Å². The third-order valence-electron chi connectivity index (χ3n) is 6.45. The van der Waals surface area contributed by atoms with Crippen LogP contribution in [0.4, 0.5) is 0 Å². The van der Waals surface area contributed by atoms with E-state index in [2.05, 4.69) is 9.88 Å². The van der Waals surface area contributed by atoms with E-state index in [4.69, 9.17) is 16.0 Å². The second kappa shape index (κ2) is 9.65. The van der Waals surface area contributed by atoms with Gasteiger partial charge in [-0.3, -0.25) is 9.69 Å². The van der Waals surface area contributed by atoms with E-state index < -0.39 is 10.0 Å². The first-order chi connectivity index (χ1) is 16.4. The maximum Gasteiger partial charge on any atom is 0.253 e. The Hall–Kier alpha value is -2.46. The number of likely N-dealkylation sites (tertiary alicyclic amines) is 1. The van der Waals surface area contributed by atoms with Gasteiger partial charge in [0.15, 0.2) is 5.58 Å². The molecule has 180 valence electrons. The summed E-state index contributed by atoms with van der Waals surface area (Å²) in [4.78, 5) is 21.6. The molecule has 2 aliphatic rings. The van der Waals surface area contributed by atoms with Crippen molar-refractivity contribution >= 4 is 38.6 Å². The predicted octanol–water partition coefficient (Wildman–Crippen LogP) is 3.61. The van der Waals surface area contributed by atoms with Gasteiger partial charge in [0.1, 0.15) is 5.52 Å². The molecule has 5 rings (SSSR count). The van der Waals surface area contributed by atoms with Crippen LogP contribution in [0.2, 0.25) is 5.02 Å². The summed E-state index contributed by atoms with van der Waals surface area (Å²) in [5, 5.41) is 0.399. The summed E-state index contributed by atoms with van der Waals surface area (Å²) in [6.07, 6.45) is 3.28. The molecule has 10 heteroatoms. The van der Waals surface area contributed by atoms with Gasteiger partial charge in [0, 0.05) is 49.9 Å². The number of carbonyl (C=O) groups excluding carboxylic acids is 1. The minimum Gasteiger partial charge on any atom is -0.439 e. The predicted molar refractivity (Wildman–Crippen MR) is 129 cm³/mol. The van der Waals surface area contributed by atoms with Crippen molar-refractivity contribution in [3.63, 3.8) is 0 Å². The number of oxazole rings is 1. The maximum atomic E-state index is 12.9. The van der Waals surface area contributed by atoms with Crippen LogP contribution in [-0.4, -0.2) is 72.7 Å². The Bertz CT molecular complexity index is 1300. The third kappa shape index (κ3) is 4.84. The molecule has 0 aliphatic carbocycles. The number of aromatic nitrogens is 1. The first-order valence-electron chi connectivity index (χ1n) is 11.6. The second-order valence-corrected chi connectivity index (χ2v) is 11.2. The minimum atomic E-state index is -3.58. The number of hydrogen-bond acceptors (Lipinski definition) is 6. The van der Waals surface area contributed by atoms with Crippen molar-refractivity contribution in [2.75, 3.05) is 39.3 Å². The van der Waals surface area contributed by atoms with Crippen LogP contribution in [0.25, 0.3) is 11.1 Å². The van der Waals surface area contributed by atoms with Crippen LogP contribution >= 0.6 is 11.6 Å². The monoisotopic (exact) mass is 502 g/mol. The summed E-state index contributed by atoms with van der Waals surface area (Å²) in [5.74, 6) is 0.604. The molecular formula is C24H27ClN4O4S. The van der Waals surface area contributed by atoms with Gasteiger partial charge >= 0.3 is 0 Å². The second-order valence-electron chi connectivity index (χ2n) is 8.78. The Kier molecular flexibility index (Phi) is 6.61. The molecule has 2 aliphatic heterocycles. The summed E-state index contributed by atoms with van der Waals surface area (Å²) in [5.41, 5.74) is 1.95. The quantitative estimate of drug-likeness (QED) is 0.529. The summed E-state index contributed by atoms with van der Waals surface area (Å²) in [7, 11) is -3.58. The van der Waals surface area contributed by atoms with E-state index in [0.29, 0.717) is 60.3 Å². The average Bonchev–Trinajstić information content (AvgIpc) is 3.26. The Morgan fingerprint density at radius 3 is 2.47 bits per heavy atom. The number of carbonyl (C=O) groups is 1. The molecule has 0 N–H and O–H groups in total. The number of piperidine rings is 1. The SMILES string of the molecule is O=C(c1ccc2oc(CN3CCN(S(=O)(=O)c4cccc(Cl)c4)CC3)nc2c1)N1CCCCC1. The van der Waals surface area contributed by atoms with E-state index >= 15 is 0 Å². The lowest BCUT2D eigenvalue weighted by molar-refractivity contribution is 0.0724. The van der Waals surface area contributed by atoms with E-state index in [1.807, 2.05) is 4.90 Å². The topological polar surface area (TPSA) is 87.0 Å². The average molecular weight is 503 g/mol. The number of halogens is 1. The fourth-order valence-electron chi connectivity index (χ4n) is 4.55. The van der Waals surface area contributed by atoms with E-state index in [9.17, 15) is 13.2 Å². The van der Waals surface area contributed by atoms with Crippen molar-refractivity contribution < 1.29 is 17.6 Å². The highest BCUT2D eigenvalue weighted by Gasteiger charge is 2.29. The van der Waals surface area contributed by atoms with Gasteiger partial charge in [0.05, 0.1) is 11.4 Å².